The first-order chi connectivity index (χ1) is 12.2. The van der Waals surface area contributed by atoms with E-state index in [1.165, 1.54) is 6.07 Å². The van der Waals surface area contributed by atoms with Crippen molar-refractivity contribution in [3.05, 3.63) is 53.1 Å². The highest BCUT2D eigenvalue weighted by molar-refractivity contribution is 5.75. The van der Waals surface area contributed by atoms with Gasteiger partial charge < -0.3 is 16.2 Å². The Bertz CT molecular complexity index is 757. The summed E-state index contributed by atoms with van der Waals surface area (Å²) in [5, 5.41) is 0. The van der Waals surface area contributed by atoms with Gasteiger partial charge in [-0.25, -0.2) is 0 Å². The average Bonchev–Trinajstić information content (AvgIpc) is 2.60. The Balaban J connectivity index is 2.66. The summed E-state index contributed by atoms with van der Waals surface area (Å²) in [5.74, 6) is 0.889. The number of alkyl halides is 3. The van der Waals surface area contributed by atoms with Crippen molar-refractivity contribution in [2.45, 2.75) is 38.4 Å². The number of ether oxygens (including phenoxy) is 1. The van der Waals surface area contributed by atoms with E-state index in [9.17, 15) is 13.2 Å². The van der Waals surface area contributed by atoms with Crippen molar-refractivity contribution in [2.24, 2.45) is 11.5 Å². The van der Waals surface area contributed by atoms with Gasteiger partial charge in [-0.05, 0) is 53.3 Å². The molecule has 0 saturated heterocycles. The maximum atomic E-state index is 13.2. The zero-order valence-electron chi connectivity index (χ0n) is 15.2. The van der Waals surface area contributed by atoms with E-state index in [-0.39, 0.29) is 18.9 Å². The second kappa shape index (κ2) is 8.10. The Morgan fingerprint density at radius 2 is 1.73 bits per heavy atom. The third kappa shape index (κ3) is 4.56. The van der Waals surface area contributed by atoms with Crippen LogP contribution in [-0.2, 0) is 12.6 Å². The molecule has 0 bridgehead atoms. The zero-order chi connectivity index (χ0) is 19.5. The fourth-order valence-electron chi connectivity index (χ4n) is 2.86. The van der Waals surface area contributed by atoms with Gasteiger partial charge >= 0.3 is 6.18 Å². The molecule has 1 unspecified atom stereocenters. The Labute approximate surface area is 152 Å². The molecule has 0 heterocycles. The van der Waals surface area contributed by atoms with Gasteiger partial charge in [-0.1, -0.05) is 26.0 Å². The van der Waals surface area contributed by atoms with Crippen LogP contribution in [0.3, 0.4) is 0 Å². The van der Waals surface area contributed by atoms with Crippen molar-refractivity contribution in [1.82, 2.24) is 0 Å². The van der Waals surface area contributed by atoms with E-state index in [1.54, 1.807) is 7.11 Å². The lowest BCUT2D eigenvalue weighted by molar-refractivity contribution is -0.137. The number of halogens is 3. The maximum Gasteiger partial charge on any atom is 0.416 e. The van der Waals surface area contributed by atoms with Crippen LogP contribution in [0.15, 0.2) is 36.4 Å². The van der Waals surface area contributed by atoms with Gasteiger partial charge in [-0.15, -0.1) is 0 Å². The first-order valence-corrected chi connectivity index (χ1v) is 8.51. The Morgan fingerprint density at radius 1 is 1.04 bits per heavy atom. The summed E-state index contributed by atoms with van der Waals surface area (Å²) >= 11 is 0. The minimum absolute atomic E-state index is 0.193. The molecule has 6 heteroatoms. The summed E-state index contributed by atoms with van der Waals surface area (Å²) < 4.78 is 44.9. The van der Waals surface area contributed by atoms with Crippen molar-refractivity contribution >= 4 is 0 Å². The molecule has 26 heavy (non-hydrogen) atoms. The summed E-state index contributed by atoms with van der Waals surface area (Å²) in [7, 11) is 1.54. The highest BCUT2D eigenvalue weighted by atomic mass is 19.4. The van der Waals surface area contributed by atoms with E-state index in [2.05, 4.69) is 13.8 Å². The molecule has 0 saturated carbocycles. The smallest absolute Gasteiger partial charge is 0.416 e. The lowest BCUT2D eigenvalue weighted by atomic mass is 9.90. The van der Waals surface area contributed by atoms with Gasteiger partial charge in [-0.3, -0.25) is 0 Å². The largest absolute Gasteiger partial charge is 0.496 e. The Morgan fingerprint density at radius 3 is 2.27 bits per heavy atom. The summed E-state index contributed by atoms with van der Waals surface area (Å²) in [6, 6.07) is 9.08. The van der Waals surface area contributed by atoms with Crippen LogP contribution in [0.5, 0.6) is 5.75 Å². The fourth-order valence-corrected chi connectivity index (χ4v) is 2.86. The molecule has 0 radical (unpaired) electrons. The highest BCUT2D eigenvalue weighted by Gasteiger charge is 2.31. The van der Waals surface area contributed by atoms with Gasteiger partial charge in [0.25, 0.3) is 0 Å². The molecule has 0 aromatic heterocycles. The van der Waals surface area contributed by atoms with Crippen LogP contribution in [0.1, 0.15) is 36.5 Å². The summed E-state index contributed by atoms with van der Waals surface area (Å²) in [5.41, 5.74) is 13.8. The van der Waals surface area contributed by atoms with E-state index in [0.717, 1.165) is 23.3 Å². The average molecular weight is 366 g/mol. The standard InChI is InChI=1S/C20H25F3N2O/c1-12(2)13-4-7-19(26-3)18(10-13)17-6-5-15(20(21,22)23)8-14(17)9-16(25)11-24/h4-8,10,12,16H,9,11,24-25H2,1-3H3. The molecule has 3 nitrogen and oxygen atoms in total. The van der Waals surface area contributed by atoms with Crippen LogP contribution >= 0.6 is 0 Å². The molecule has 0 amide bonds. The van der Waals surface area contributed by atoms with Gasteiger partial charge in [0.2, 0.25) is 0 Å². The lowest BCUT2D eigenvalue weighted by Gasteiger charge is -2.19. The number of methoxy groups -OCH3 is 1. The lowest BCUT2D eigenvalue weighted by Crippen LogP contribution is -2.32. The van der Waals surface area contributed by atoms with E-state index < -0.39 is 17.8 Å². The molecule has 0 fully saturated rings. The molecule has 0 aliphatic carbocycles. The van der Waals surface area contributed by atoms with E-state index in [1.807, 2.05) is 18.2 Å². The van der Waals surface area contributed by atoms with Crippen molar-refractivity contribution in [1.29, 1.82) is 0 Å². The van der Waals surface area contributed by atoms with Crippen molar-refractivity contribution < 1.29 is 17.9 Å². The van der Waals surface area contributed by atoms with Crippen LogP contribution in [0.4, 0.5) is 13.2 Å². The molecular formula is C20H25F3N2O. The van der Waals surface area contributed by atoms with Crippen molar-refractivity contribution in [3.63, 3.8) is 0 Å². The van der Waals surface area contributed by atoms with E-state index >= 15 is 0 Å². The zero-order valence-corrected chi connectivity index (χ0v) is 15.2. The van der Waals surface area contributed by atoms with E-state index in [0.29, 0.717) is 16.9 Å². The Hall–Kier alpha value is -2.05. The van der Waals surface area contributed by atoms with Gasteiger partial charge in [-0.2, -0.15) is 13.2 Å². The first-order valence-electron chi connectivity index (χ1n) is 8.51. The van der Waals surface area contributed by atoms with Crippen LogP contribution in [-0.4, -0.2) is 19.7 Å². The quantitative estimate of drug-likeness (QED) is 0.800. The second-order valence-electron chi connectivity index (χ2n) is 6.68. The number of nitrogens with two attached hydrogens (primary N) is 2. The van der Waals surface area contributed by atoms with Crippen molar-refractivity contribution in [2.75, 3.05) is 13.7 Å². The van der Waals surface area contributed by atoms with Crippen LogP contribution < -0.4 is 16.2 Å². The van der Waals surface area contributed by atoms with Gasteiger partial charge in [0.15, 0.2) is 0 Å². The predicted octanol–water partition coefficient (Wildman–Crippen LogP) is 4.33. The summed E-state index contributed by atoms with van der Waals surface area (Å²) in [4.78, 5) is 0. The monoisotopic (exact) mass is 366 g/mol. The third-order valence-electron chi connectivity index (χ3n) is 4.40. The van der Waals surface area contributed by atoms with Crippen molar-refractivity contribution in [3.8, 4) is 16.9 Å². The maximum absolute atomic E-state index is 13.2. The van der Waals surface area contributed by atoms with Crippen LogP contribution in [0.25, 0.3) is 11.1 Å². The topological polar surface area (TPSA) is 61.3 Å². The van der Waals surface area contributed by atoms with Crippen LogP contribution in [0.2, 0.25) is 0 Å². The van der Waals surface area contributed by atoms with Gasteiger partial charge in [0.05, 0.1) is 12.7 Å². The number of hydrogen-bond donors (Lipinski definition) is 2. The van der Waals surface area contributed by atoms with Gasteiger partial charge in [0, 0.05) is 18.2 Å². The van der Waals surface area contributed by atoms with Crippen LogP contribution in [0, 0.1) is 0 Å². The molecule has 0 aliphatic heterocycles. The second-order valence-corrected chi connectivity index (χ2v) is 6.68. The highest BCUT2D eigenvalue weighted by Crippen LogP contribution is 2.38. The number of hydrogen-bond acceptors (Lipinski definition) is 3. The SMILES string of the molecule is COc1ccc(C(C)C)cc1-c1ccc(C(F)(F)F)cc1CC(N)CN. The molecule has 0 spiro atoms. The number of rotatable bonds is 6. The summed E-state index contributed by atoms with van der Waals surface area (Å²) in [6.45, 7) is 4.31. The molecule has 4 N–H and O–H groups in total. The molecule has 1 atom stereocenters. The Kier molecular flexibility index (Phi) is 6.31. The normalized spacial score (nSPS) is 13.1. The minimum Gasteiger partial charge on any atom is -0.496 e. The third-order valence-corrected chi connectivity index (χ3v) is 4.40. The first kappa shape index (κ1) is 20.3. The number of benzene rings is 2. The molecule has 142 valence electrons. The fraction of sp³-hybridized carbons (Fsp3) is 0.400. The molecule has 2 rings (SSSR count). The molecular weight excluding hydrogens is 341 g/mol. The molecule has 2 aromatic carbocycles. The minimum atomic E-state index is -4.41. The molecule has 0 aliphatic rings. The van der Waals surface area contributed by atoms with Gasteiger partial charge in [0.1, 0.15) is 5.75 Å². The predicted molar refractivity (Wildman–Crippen MR) is 98.3 cm³/mol. The van der Waals surface area contributed by atoms with E-state index in [4.69, 9.17) is 16.2 Å². The summed E-state index contributed by atoms with van der Waals surface area (Å²) in [6.07, 6.45) is -4.16. The molecule has 2 aromatic rings.